The zero-order valence-electron chi connectivity index (χ0n) is 10.3. The summed E-state index contributed by atoms with van der Waals surface area (Å²) < 4.78 is 8.55. The molecule has 92 valence electrons. The lowest BCUT2D eigenvalue weighted by Gasteiger charge is -2.20. The number of rotatable bonds is 3. The van der Waals surface area contributed by atoms with Gasteiger partial charge in [-0.1, -0.05) is 42.1 Å². The number of hydrogen-bond donors (Lipinski definition) is 0. The van der Waals surface area contributed by atoms with E-state index >= 15 is 0 Å². The van der Waals surface area contributed by atoms with E-state index in [1.807, 2.05) is 0 Å². The lowest BCUT2D eigenvalue weighted by Crippen LogP contribution is -2.36. The molecule has 0 saturated carbocycles. The molecular formula is C13H20NOPSi. The van der Waals surface area contributed by atoms with Crippen molar-refractivity contribution in [3.8, 4) is 0 Å². The van der Waals surface area contributed by atoms with E-state index in [4.69, 9.17) is 4.52 Å². The summed E-state index contributed by atoms with van der Waals surface area (Å²) in [5.74, 6) is 0. The van der Waals surface area contributed by atoms with Crippen LogP contribution in [0.3, 0.4) is 0 Å². The minimum absolute atomic E-state index is 0.526. The maximum atomic E-state index is 6.00. The predicted molar refractivity (Wildman–Crippen MR) is 76.8 cm³/mol. The van der Waals surface area contributed by atoms with Crippen molar-refractivity contribution in [2.45, 2.75) is 37.6 Å². The Morgan fingerprint density at radius 3 is 3.06 bits per heavy atom. The standard InChI is InChI=1S/C13H20NOPSi/c1-17(11-6-3-2-4-7-11)10-13-12-8-5-9-14(12)16-15-13/h2-4,6-7,12-13,16-17H,5,8-10H2,1H3/t12-,13+,17?/m0/s1. The molecule has 2 saturated heterocycles. The van der Waals surface area contributed by atoms with Crippen molar-refractivity contribution in [2.24, 2.45) is 0 Å². The molecule has 0 aromatic heterocycles. The summed E-state index contributed by atoms with van der Waals surface area (Å²) in [6.45, 7) is 3.72. The Kier molecular flexibility index (Phi) is 3.62. The second-order valence-electron chi connectivity index (χ2n) is 5.20. The Labute approximate surface area is 107 Å². The molecule has 2 heterocycles. The summed E-state index contributed by atoms with van der Waals surface area (Å²) in [6, 6.07) is 13.1. The van der Waals surface area contributed by atoms with Gasteiger partial charge in [0.2, 0.25) is 0 Å². The van der Waals surface area contributed by atoms with Crippen molar-refractivity contribution in [1.29, 1.82) is 0 Å². The molecule has 0 spiro atoms. The van der Waals surface area contributed by atoms with Crippen LogP contribution in [0, 0.1) is 0 Å². The van der Waals surface area contributed by atoms with E-state index in [1.54, 1.807) is 5.19 Å². The fourth-order valence-corrected chi connectivity index (χ4v) is 6.63. The Morgan fingerprint density at radius 1 is 1.41 bits per heavy atom. The van der Waals surface area contributed by atoms with Gasteiger partial charge in [-0.3, -0.25) is 4.67 Å². The number of nitrogens with zero attached hydrogens (tertiary/aromatic N) is 1. The van der Waals surface area contributed by atoms with Gasteiger partial charge in [0.15, 0.2) is 0 Å². The molecule has 4 atom stereocenters. The molecule has 2 fully saturated rings. The van der Waals surface area contributed by atoms with E-state index in [1.165, 1.54) is 25.4 Å². The van der Waals surface area contributed by atoms with Crippen LogP contribution in [0.4, 0.5) is 0 Å². The van der Waals surface area contributed by atoms with Crippen LogP contribution in [0.25, 0.3) is 0 Å². The zero-order chi connectivity index (χ0) is 11.7. The van der Waals surface area contributed by atoms with Crippen LogP contribution in [0.5, 0.6) is 0 Å². The third-order valence-corrected chi connectivity index (χ3v) is 7.90. The van der Waals surface area contributed by atoms with E-state index < -0.39 is 8.80 Å². The topological polar surface area (TPSA) is 12.5 Å². The Balaban J connectivity index is 1.64. The third-order valence-electron chi connectivity index (χ3n) is 4.00. The number of benzene rings is 1. The first-order chi connectivity index (χ1) is 8.34. The molecule has 3 rings (SSSR count). The largest absolute Gasteiger partial charge is 0.342 e. The molecule has 2 nitrogen and oxygen atoms in total. The smallest absolute Gasteiger partial charge is 0.0897 e. The molecule has 1 aromatic carbocycles. The van der Waals surface area contributed by atoms with Gasteiger partial charge in [0.05, 0.1) is 23.9 Å². The van der Waals surface area contributed by atoms with Gasteiger partial charge in [0.1, 0.15) is 0 Å². The van der Waals surface area contributed by atoms with Crippen molar-refractivity contribution in [1.82, 2.24) is 4.67 Å². The zero-order valence-corrected chi connectivity index (χ0v) is 12.5. The molecule has 0 aliphatic carbocycles. The van der Waals surface area contributed by atoms with Gasteiger partial charge < -0.3 is 4.52 Å². The lowest BCUT2D eigenvalue weighted by atomic mass is 10.1. The normalized spacial score (nSPS) is 31.8. The Bertz CT molecular complexity index is 375. The highest BCUT2D eigenvalue weighted by atomic mass is 31.1. The van der Waals surface area contributed by atoms with E-state index in [0.717, 1.165) is 6.04 Å². The van der Waals surface area contributed by atoms with Gasteiger partial charge in [0.25, 0.3) is 0 Å². The first-order valence-corrected chi connectivity index (χ1v) is 9.98. The summed E-state index contributed by atoms with van der Waals surface area (Å²) in [5.41, 5.74) is 0. The van der Waals surface area contributed by atoms with Gasteiger partial charge >= 0.3 is 0 Å². The first-order valence-electron chi connectivity index (χ1n) is 6.57. The lowest BCUT2D eigenvalue weighted by molar-refractivity contribution is 0.233. The summed E-state index contributed by atoms with van der Waals surface area (Å²) in [4.78, 5) is 0. The molecule has 4 heteroatoms. The minimum Gasteiger partial charge on any atom is -0.342 e. The average Bonchev–Trinajstić information content (AvgIpc) is 2.95. The van der Waals surface area contributed by atoms with Crippen molar-refractivity contribution in [3.63, 3.8) is 0 Å². The van der Waals surface area contributed by atoms with Crippen molar-refractivity contribution < 1.29 is 4.52 Å². The average molecular weight is 265 g/mol. The molecule has 0 bridgehead atoms. The highest BCUT2D eigenvalue weighted by Crippen LogP contribution is 2.43. The fraction of sp³-hybridized carbons (Fsp3) is 0.538. The van der Waals surface area contributed by atoms with Crippen LogP contribution in [0.1, 0.15) is 12.8 Å². The predicted octanol–water partition coefficient (Wildman–Crippen LogP) is 2.12. The molecule has 2 aliphatic rings. The molecule has 2 aliphatic heterocycles. The van der Waals surface area contributed by atoms with Crippen molar-refractivity contribution >= 4 is 22.9 Å². The summed E-state index contributed by atoms with van der Waals surface area (Å²) >= 11 is 0. The highest BCUT2D eigenvalue weighted by molar-refractivity contribution is 7.29. The second kappa shape index (κ2) is 5.19. The molecular weight excluding hydrogens is 245 g/mol. The molecule has 2 unspecified atom stereocenters. The van der Waals surface area contributed by atoms with Crippen molar-refractivity contribution in [3.05, 3.63) is 30.3 Å². The fourth-order valence-electron chi connectivity index (χ4n) is 2.98. The maximum absolute atomic E-state index is 6.00. The van der Waals surface area contributed by atoms with E-state index in [2.05, 4.69) is 41.5 Å². The minimum atomic E-state index is -0.813. The SMILES string of the molecule is C[SiH](C[C@H]1OPN2CCC[C@@H]12)c1ccccc1. The van der Waals surface area contributed by atoms with Gasteiger partial charge in [-0.25, -0.2) is 0 Å². The summed E-state index contributed by atoms with van der Waals surface area (Å²) in [7, 11) is -0.177. The number of hydrogen-bond acceptors (Lipinski definition) is 2. The van der Waals surface area contributed by atoms with Crippen LogP contribution in [-0.4, -0.2) is 32.2 Å². The van der Waals surface area contributed by atoms with Crippen LogP contribution >= 0.6 is 8.96 Å². The molecule has 0 amide bonds. The Morgan fingerprint density at radius 2 is 2.24 bits per heavy atom. The monoisotopic (exact) mass is 265 g/mol. The third kappa shape index (κ3) is 2.48. The molecule has 17 heavy (non-hydrogen) atoms. The van der Waals surface area contributed by atoms with Gasteiger partial charge in [-0.15, -0.1) is 0 Å². The van der Waals surface area contributed by atoms with E-state index in [-0.39, 0.29) is 0 Å². The quantitative estimate of drug-likeness (QED) is 0.613. The van der Waals surface area contributed by atoms with E-state index in [0.29, 0.717) is 15.1 Å². The molecule has 1 aromatic rings. The summed E-state index contributed by atoms with van der Waals surface area (Å²) in [5, 5.41) is 1.58. The molecule has 0 radical (unpaired) electrons. The number of fused-ring (bicyclic) bond motifs is 1. The van der Waals surface area contributed by atoms with Gasteiger partial charge in [0, 0.05) is 12.6 Å². The van der Waals surface area contributed by atoms with Crippen LogP contribution in [-0.2, 0) is 4.52 Å². The summed E-state index contributed by atoms with van der Waals surface area (Å²) in [6.07, 6.45) is 3.25. The maximum Gasteiger partial charge on any atom is 0.0897 e. The highest BCUT2D eigenvalue weighted by Gasteiger charge is 2.39. The van der Waals surface area contributed by atoms with Gasteiger partial charge in [-0.2, -0.15) is 0 Å². The second-order valence-corrected chi connectivity index (χ2v) is 9.13. The van der Waals surface area contributed by atoms with Crippen LogP contribution < -0.4 is 5.19 Å². The van der Waals surface area contributed by atoms with Crippen LogP contribution in [0.2, 0.25) is 12.6 Å². The van der Waals surface area contributed by atoms with Crippen LogP contribution in [0.15, 0.2) is 30.3 Å². The molecule has 0 N–H and O–H groups in total. The first kappa shape index (κ1) is 11.9. The van der Waals surface area contributed by atoms with Gasteiger partial charge in [-0.05, 0) is 18.9 Å². The van der Waals surface area contributed by atoms with Crippen molar-refractivity contribution in [2.75, 3.05) is 6.54 Å². The Hall–Kier alpha value is -0.213. The van der Waals surface area contributed by atoms with E-state index in [9.17, 15) is 0 Å².